The minimum atomic E-state index is 0. The molecule has 2 fully saturated rings. The molecule has 0 bridgehead atoms. The van der Waals surface area contributed by atoms with E-state index in [1.165, 1.54) is 0 Å². The number of likely N-dealkylation sites (tertiary alicyclic amines) is 1. The third kappa shape index (κ3) is 2.53. The number of carbonyl (C=O) groups is 1. The minimum Gasteiger partial charge on any atom is -0.338 e. The molecule has 0 aromatic carbocycles. The molecule has 3 rings (SSSR count). The number of hydrogen-bond donors (Lipinski definition) is 1. The van der Waals surface area contributed by atoms with Gasteiger partial charge in [0.25, 0.3) is 0 Å². The van der Waals surface area contributed by atoms with Crippen molar-refractivity contribution < 1.29 is 4.79 Å². The van der Waals surface area contributed by atoms with Crippen LogP contribution in [0.5, 0.6) is 0 Å². The van der Waals surface area contributed by atoms with Crippen LogP contribution in [0.2, 0.25) is 0 Å². The summed E-state index contributed by atoms with van der Waals surface area (Å²) in [6.07, 6.45) is 2.68. The summed E-state index contributed by atoms with van der Waals surface area (Å²) in [6, 6.07) is 0.837. The Morgan fingerprint density at radius 1 is 1.61 bits per heavy atom. The Morgan fingerprint density at radius 2 is 2.44 bits per heavy atom. The molecule has 2 aliphatic rings. The molecule has 18 heavy (non-hydrogen) atoms. The van der Waals surface area contributed by atoms with Crippen LogP contribution in [0.4, 0.5) is 0 Å². The first kappa shape index (κ1) is 13.8. The van der Waals surface area contributed by atoms with Crippen LogP contribution in [0, 0.1) is 6.92 Å². The molecule has 6 heteroatoms. The normalized spacial score (nSPS) is 26.3. The van der Waals surface area contributed by atoms with Gasteiger partial charge in [-0.1, -0.05) is 0 Å². The third-order valence-corrected chi connectivity index (χ3v) is 4.69. The lowest BCUT2D eigenvalue weighted by atomic mass is 10.1. The summed E-state index contributed by atoms with van der Waals surface area (Å²) in [6.45, 7) is 3.89. The molecule has 4 nitrogen and oxygen atoms in total. The quantitative estimate of drug-likeness (QED) is 0.913. The van der Waals surface area contributed by atoms with Gasteiger partial charge < -0.3 is 10.2 Å². The largest absolute Gasteiger partial charge is 0.338 e. The van der Waals surface area contributed by atoms with Crippen LogP contribution in [0.3, 0.4) is 0 Å². The van der Waals surface area contributed by atoms with E-state index in [4.69, 9.17) is 0 Å². The number of amides is 1. The van der Waals surface area contributed by atoms with Gasteiger partial charge in [0, 0.05) is 42.5 Å². The van der Waals surface area contributed by atoms with E-state index in [0.29, 0.717) is 24.4 Å². The fourth-order valence-electron chi connectivity index (χ4n) is 2.85. The number of fused-ring (bicyclic) bond motifs is 1. The summed E-state index contributed by atoms with van der Waals surface area (Å²) in [7, 11) is 0. The zero-order chi connectivity index (χ0) is 11.8. The molecule has 2 saturated heterocycles. The van der Waals surface area contributed by atoms with Gasteiger partial charge in [0.05, 0.1) is 5.01 Å². The number of aromatic nitrogens is 1. The predicted molar refractivity (Wildman–Crippen MR) is 74.3 cm³/mol. The molecular formula is C12H18ClN3OS. The van der Waals surface area contributed by atoms with Crippen LogP contribution in [0.1, 0.15) is 23.5 Å². The number of halogens is 1. The van der Waals surface area contributed by atoms with Gasteiger partial charge in [-0.25, -0.2) is 4.98 Å². The first-order valence-corrected chi connectivity index (χ1v) is 7.06. The Hall–Kier alpha value is -0.650. The lowest BCUT2D eigenvalue weighted by Gasteiger charge is -2.22. The smallest absolute Gasteiger partial charge is 0.224 e. The van der Waals surface area contributed by atoms with Gasteiger partial charge in [-0.15, -0.1) is 23.7 Å². The van der Waals surface area contributed by atoms with Crippen molar-refractivity contribution in [1.29, 1.82) is 0 Å². The van der Waals surface area contributed by atoms with Crippen molar-refractivity contribution in [2.24, 2.45) is 0 Å². The molecule has 100 valence electrons. The average molecular weight is 288 g/mol. The maximum absolute atomic E-state index is 11.9. The van der Waals surface area contributed by atoms with Gasteiger partial charge in [0.2, 0.25) is 5.91 Å². The Kier molecular flexibility index (Phi) is 4.25. The molecule has 0 radical (unpaired) electrons. The fourth-order valence-corrected chi connectivity index (χ4v) is 3.61. The van der Waals surface area contributed by atoms with E-state index in [-0.39, 0.29) is 12.4 Å². The second kappa shape index (κ2) is 5.55. The summed E-state index contributed by atoms with van der Waals surface area (Å²) in [4.78, 5) is 18.4. The molecule has 0 unspecified atom stereocenters. The topological polar surface area (TPSA) is 45.2 Å². The van der Waals surface area contributed by atoms with E-state index in [2.05, 4.69) is 20.6 Å². The SMILES string of the molecule is Cc1csc(CCN2C(=O)C[C@H]3NCC[C@H]32)n1.Cl. The van der Waals surface area contributed by atoms with Gasteiger partial charge in [0.1, 0.15) is 0 Å². The minimum absolute atomic E-state index is 0. The molecule has 3 heterocycles. The number of hydrogen-bond acceptors (Lipinski definition) is 4. The lowest BCUT2D eigenvalue weighted by Crippen LogP contribution is -2.37. The van der Waals surface area contributed by atoms with Gasteiger partial charge in [-0.3, -0.25) is 4.79 Å². The van der Waals surface area contributed by atoms with E-state index < -0.39 is 0 Å². The molecule has 2 aliphatic heterocycles. The number of thiazole rings is 1. The number of nitrogens with one attached hydrogen (secondary N) is 1. The first-order chi connectivity index (χ1) is 8.24. The summed E-state index contributed by atoms with van der Waals surface area (Å²) in [5.41, 5.74) is 1.08. The van der Waals surface area contributed by atoms with Crippen molar-refractivity contribution in [3.63, 3.8) is 0 Å². The van der Waals surface area contributed by atoms with Crippen LogP contribution in [0.25, 0.3) is 0 Å². The Labute approximate surface area is 117 Å². The first-order valence-electron chi connectivity index (χ1n) is 6.18. The van der Waals surface area contributed by atoms with E-state index >= 15 is 0 Å². The third-order valence-electron chi connectivity index (χ3n) is 3.66. The molecule has 0 saturated carbocycles. The highest BCUT2D eigenvalue weighted by molar-refractivity contribution is 7.09. The van der Waals surface area contributed by atoms with E-state index in [9.17, 15) is 4.79 Å². The zero-order valence-electron chi connectivity index (χ0n) is 10.4. The Balaban J connectivity index is 0.00000120. The molecule has 1 aromatic rings. The molecule has 0 spiro atoms. The van der Waals surface area contributed by atoms with Gasteiger partial charge in [-0.05, 0) is 19.9 Å². The monoisotopic (exact) mass is 287 g/mol. The van der Waals surface area contributed by atoms with E-state index in [0.717, 1.165) is 36.6 Å². The average Bonchev–Trinajstić information content (AvgIpc) is 2.93. The van der Waals surface area contributed by atoms with E-state index in [1.807, 2.05) is 6.92 Å². The van der Waals surface area contributed by atoms with Gasteiger partial charge in [-0.2, -0.15) is 0 Å². The van der Waals surface area contributed by atoms with Crippen molar-refractivity contribution in [2.75, 3.05) is 13.1 Å². The van der Waals surface area contributed by atoms with Crippen LogP contribution in [-0.4, -0.2) is 41.0 Å². The zero-order valence-corrected chi connectivity index (χ0v) is 12.0. The van der Waals surface area contributed by atoms with Crippen molar-refractivity contribution in [3.05, 3.63) is 16.1 Å². The van der Waals surface area contributed by atoms with Crippen LogP contribution in [0.15, 0.2) is 5.38 Å². The van der Waals surface area contributed by atoms with Crippen LogP contribution < -0.4 is 5.32 Å². The standard InChI is InChI=1S/C12H17N3OS.ClH/c1-8-7-17-11(14-8)3-5-15-10-2-4-13-9(10)6-12(15)16;/h7,9-10,13H,2-6H2,1H3;1H/t9-,10-;/m1./s1. The van der Waals surface area contributed by atoms with Crippen molar-refractivity contribution in [1.82, 2.24) is 15.2 Å². The molecule has 1 N–H and O–H groups in total. The molecule has 2 atom stereocenters. The summed E-state index contributed by atoms with van der Waals surface area (Å²) in [5, 5.41) is 6.62. The summed E-state index contributed by atoms with van der Waals surface area (Å²) in [5.74, 6) is 0.306. The van der Waals surface area contributed by atoms with E-state index in [1.54, 1.807) is 11.3 Å². The summed E-state index contributed by atoms with van der Waals surface area (Å²) >= 11 is 1.69. The molecule has 0 aliphatic carbocycles. The number of aryl methyl sites for hydroxylation is 1. The molecular weight excluding hydrogens is 270 g/mol. The van der Waals surface area contributed by atoms with Crippen molar-refractivity contribution >= 4 is 29.7 Å². The Morgan fingerprint density at radius 3 is 3.17 bits per heavy atom. The van der Waals surface area contributed by atoms with Crippen LogP contribution >= 0.6 is 23.7 Å². The second-order valence-corrected chi connectivity index (χ2v) is 5.78. The summed E-state index contributed by atoms with van der Waals surface area (Å²) < 4.78 is 0. The highest BCUT2D eigenvalue weighted by Gasteiger charge is 2.41. The Bertz CT molecular complexity index is 437. The van der Waals surface area contributed by atoms with Gasteiger partial charge in [0.15, 0.2) is 0 Å². The van der Waals surface area contributed by atoms with Crippen LogP contribution in [-0.2, 0) is 11.2 Å². The van der Waals surface area contributed by atoms with Crippen molar-refractivity contribution in [2.45, 2.75) is 38.3 Å². The highest BCUT2D eigenvalue weighted by atomic mass is 35.5. The maximum Gasteiger partial charge on any atom is 0.224 e. The fraction of sp³-hybridized carbons (Fsp3) is 0.667. The highest BCUT2D eigenvalue weighted by Crippen LogP contribution is 2.26. The number of rotatable bonds is 3. The van der Waals surface area contributed by atoms with Gasteiger partial charge >= 0.3 is 0 Å². The lowest BCUT2D eigenvalue weighted by molar-refractivity contribution is -0.129. The second-order valence-electron chi connectivity index (χ2n) is 4.84. The number of carbonyl (C=O) groups excluding carboxylic acids is 1. The van der Waals surface area contributed by atoms with Crippen molar-refractivity contribution in [3.8, 4) is 0 Å². The number of nitrogens with zero attached hydrogens (tertiary/aromatic N) is 2. The molecule has 1 aromatic heterocycles. The maximum atomic E-state index is 11.9. The molecule has 1 amide bonds. The predicted octanol–water partition coefficient (Wildman–Crippen LogP) is 1.38.